The van der Waals surface area contributed by atoms with Crippen LogP contribution in [0.5, 0.6) is 0 Å². The van der Waals surface area contributed by atoms with Gasteiger partial charge in [0.1, 0.15) is 10.7 Å². The molecule has 4 rings (SSSR count). The molecule has 1 aliphatic heterocycles. The molecule has 0 radical (unpaired) electrons. The van der Waals surface area contributed by atoms with Crippen molar-refractivity contribution in [2.24, 2.45) is 7.05 Å². The predicted molar refractivity (Wildman–Crippen MR) is 127 cm³/mol. The van der Waals surface area contributed by atoms with Crippen LogP contribution in [0.1, 0.15) is 11.5 Å². The van der Waals surface area contributed by atoms with Crippen LogP contribution in [0, 0.1) is 11.6 Å². The van der Waals surface area contributed by atoms with Gasteiger partial charge in [-0.2, -0.15) is 5.10 Å². The van der Waals surface area contributed by atoms with Gasteiger partial charge in [-0.15, -0.1) is 0 Å². The number of halogens is 3. The molecule has 3 aromatic rings. The minimum atomic E-state index is -0.911. The Labute approximate surface area is 201 Å². The summed E-state index contributed by atoms with van der Waals surface area (Å²) in [5.74, 6) is -1.68. The Kier molecular flexibility index (Phi) is 7.45. The van der Waals surface area contributed by atoms with E-state index in [1.165, 1.54) is 10.7 Å². The molecular weight excluding hydrogens is 464 g/mol. The van der Waals surface area contributed by atoms with E-state index < -0.39 is 17.7 Å². The number of carbonyl (C=O) groups excluding carboxylic acids is 1. The standard InChI is InChI=1S/C24H26ClF2N5O2/c1-31-23(21(25)22(30-31)15-6-4-3-5-7-15)29-24(33)28-20-14-32(10-11-34-2)13-17(20)16-8-9-18(26)19(27)12-16/h3-9,12,17,20H,10-11,13-14H2,1-2H3,(H2,28,29,33). The van der Waals surface area contributed by atoms with E-state index >= 15 is 0 Å². The van der Waals surface area contributed by atoms with E-state index in [9.17, 15) is 13.6 Å². The van der Waals surface area contributed by atoms with E-state index in [1.807, 2.05) is 30.3 Å². The fourth-order valence-corrected chi connectivity index (χ4v) is 4.56. The Morgan fingerprint density at radius 1 is 1.18 bits per heavy atom. The number of likely N-dealkylation sites (tertiary alicyclic amines) is 1. The number of benzene rings is 2. The molecule has 2 amide bonds. The van der Waals surface area contributed by atoms with Gasteiger partial charge in [0.05, 0.1) is 12.6 Å². The summed E-state index contributed by atoms with van der Waals surface area (Å²) in [5, 5.41) is 10.5. The number of hydrogen-bond acceptors (Lipinski definition) is 4. The Hall–Kier alpha value is -3.01. The number of nitrogens with one attached hydrogen (secondary N) is 2. The van der Waals surface area contributed by atoms with Crippen LogP contribution >= 0.6 is 11.6 Å². The van der Waals surface area contributed by atoms with Crippen LogP contribution in [0.25, 0.3) is 11.3 Å². The van der Waals surface area contributed by atoms with Crippen molar-refractivity contribution in [1.29, 1.82) is 0 Å². The monoisotopic (exact) mass is 489 g/mol. The van der Waals surface area contributed by atoms with Gasteiger partial charge in [-0.1, -0.05) is 48.0 Å². The Morgan fingerprint density at radius 3 is 2.65 bits per heavy atom. The number of aromatic nitrogens is 2. The second-order valence-electron chi connectivity index (χ2n) is 8.24. The summed E-state index contributed by atoms with van der Waals surface area (Å²) in [6.07, 6.45) is 0. The molecule has 0 bridgehead atoms. The third-order valence-electron chi connectivity index (χ3n) is 5.96. The zero-order valence-electron chi connectivity index (χ0n) is 18.9. The first kappa shape index (κ1) is 24.1. The zero-order chi connectivity index (χ0) is 24.2. The summed E-state index contributed by atoms with van der Waals surface area (Å²) in [6.45, 7) is 2.29. The van der Waals surface area contributed by atoms with E-state index in [2.05, 4.69) is 20.6 Å². The number of ether oxygens (including phenoxy) is 1. The molecule has 1 saturated heterocycles. The molecule has 1 fully saturated rings. The van der Waals surface area contributed by atoms with Crippen LogP contribution in [0.3, 0.4) is 0 Å². The lowest BCUT2D eigenvalue weighted by atomic mass is 9.94. The minimum Gasteiger partial charge on any atom is -0.383 e. The van der Waals surface area contributed by atoms with Crippen molar-refractivity contribution in [3.05, 3.63) is 70.8 Å². The van der Waals surface area contributed by atoms with Crippen molar-refractivity contribution in [3.63, 3.8) is 0 Å². The fraction of sp³-hybridized carbons (Fsp3) is 0.333. The number of amides is 2. The molecule has 1 aliphatic rings. The predicted octanol–water partition coefficient (Wildman–Crippen LogP) is 4.25. The van der Waals surface area contributed by atoms with E-state index in [4.69, 9.17) is 16.3 Å². The first-order chi connectivity index (χ1) is 16.4. The van der Waals surface area contributed by atoms with E-state index in [-0.39, 0.29) is 12.0 Å². The molecule has 180 valence electrons. The molecule has 2 atom stereocenters. The van der Waals surface area contributed by atoms with Crippen LogP contribution in [0.2, 0.25) is 5.02 Å². The number of rotatable bonds is 7. The number of carbonyl (C=O) groups is 1. The molecule has 0 spiro atoms. The molecule has 34 heavy (non-hydrogen) atoms. The van der Waals surface area contributed by atoms with Crippen LogP contribution in [-0.2, 0) is 11.8 Å². The van der Waals surface area contributed by atoms with Crippen molar-refractivity contribution in [1.82, 2.24) is 20.0 Å². The van der Waals surface area contributed by atoms with E-state index in [0.29, 0.717) is 48.3 Å². The highest BCUT2D eigenvalue weighted by atomic mass is 35.5. The normalized spacial score (nSPS) is 18.3. The summed E-state index contributed by atoms with van der Waals surface area (Å²) in [7, 11) is 3.31. The van der Waals surface area contributed by atoms with Gasteiger partial charge in [-0.3, -0.25) is 14.9 Å². The molecule has 2 N–H and O–H groups in total. The summed E-state index contributed by atoms with van der Waals surface area (Å²) in [5.41, 5.74) is 2.01. The summed E-state index contributed by atoms with van der Waals surface area (Å²) < 4.78 is 34.1. The maximum Gasteiger partial charge on any atom is 0.320 e. The average Bonchev–Trinajstić information content (AvgIpc) is 3.35. The van der Waals surface area contributed by atoms with Gasteiger partial charge in [0, 0.05) is 45.3 Å². The second kappa shape index (κ2) is 10.5. The number of nitrogens with zero attached hydrogens (tertiary/aromatic N) is 3. The molecule has 7 nitrogen and oxygen atoms in total. The van der Waals surface area contributed by atoms with E-state index in [1.54, 1.807) is 20.2 Å². The zero-order valence-corrected chi connectivity index (χ0v) is 19.6. The number of aryl methyl sites for hydroxylation is 1. The van der Waals surface area contributed by atoms with Crippen LogP contribution in [0.4, 0.5) is 19.4 Å². The first-order valence-corrected chi connectivity index (χ1v) is 11.3. The lowest BCUT2D eigenvalue weighted by Crippen LogP contribution is -2.42. The summed E-state index contributed by atoms with van der Waals surface area (Å²) in [6, 6.07) is 12.5. The quantitative estimate of drug-likeness (QED) is 0.520. The minimum absolute atomic E-state index is 0.223. The molecular formula is C24H26ClF2N5O2. The second-order valence-corrected chi connectivity index (χ2v) is 8.62. The van der Waals surface area contributed by atoms with Crippen LogP contribution in [0.15, 0.2) is 48.5 Å². The number of anilines is 1. The molecule has 2 unspecified atom stereocenters. The van der Waals surface area contributed by atoms with Crippen molar-refractivity contribution >= 4 is 23.4 Å². The number of urea groups is 1. The number of methoxy groups -OCH3 is 1. The highest BCUT2D eigenvalue weighted by Gasteiger charge is 2.35. The topological polar surface area (TPSA) is 71.4 Å². The van der Waals surface area contributed by atoms with Crippen molar-refractivity contribution in [3.8, 4) is 11.3 Å². The molecule has 2 aromatic carbocycles. The Morgan fingerprint density at radius 2 is 1.94 bits per heavy atom. The highest BCUT2D eigenvalue weighted by Crippen LogP contribution is 2.33. The van der Waals surface area contributed by atoms with Crippen molar-refractivity contribution < 1.29 is 18.3 Å². The molecule has 1 aromatic heterocycles. The van der Waals surface area contributed by atoms with Gasteiger partial charge in [0.25, 0.3) is 0 Å². The largest absolute Gasteiger partial charge is 0.383 e. The molecule has 0 saturated carbocycles. The third kappa shape index (κ3) is 5.22. The van der Waals surface area contributed by atoms with Crippen molar-refractivity contribution in [2.45, 2.75) is 12.0 Å². The lowest BCUT2D eigenvalue weighted by Gasteiger charge is -2.21. The molecule has 0 aliphatic carbocycles. The van der Waals surface area contributed by atoms with Gasteiger partial charge in [-0.25, -0.2) is 13.6 Å². The van der Waals surface area contributed by atoms with Gasteiger partial charge in [0.15, 0.2) is 17.5 Å². The smallest absolute Gasteiger partial charge is 0.320 e. The van der Waals surface area contributed by atoms with Crippen LogP contribution in [-0.4, -0.2) is 60.1 Å². The van der Waals surface area contributed by atoms with Gasteiger partial charge >= 0.3 is 6.03 Å². The lowest BCUT2D eigenvalue weighted by molar-refractivity contribution is 0.159. The third-order valence-corrected chi connectivity index (χ3v) is 6.32. The van der Waals surface area contributed by atoms with Gasteiger partial charge < -0.3 is 10.1 Å². The van der Waals surface area contributed by atoms with Crippen LogP contribution < -0.4 is 10.6 Å². The molecule has 10 heteroatoms. The maximum atomic E-state index is 13.9. The number of hydrogen-bond donors (Lipinski definition) is 2. The van der Waals surface area contributed by atoms with Crippen molar-refractivity contribution in [2.75, 3.05) is 38.7 Å². The van der Waals surface area contributed by atoms with Gasteiger partial charge in [-0.05, 0) is 17.7 Å². The summed E-state index contributed by atoms with van der Waals surface area (Å²) >= 11 is 6.54. The Balaban J connectivity index is 1.51. The average molecular weight is 490 g/mol. The Bertz CT molecular complexity index is 1160. The van der Waals surface area contributed by atoms with E-state index in [0.717, 1.165) is 11.6 Å². The molecule has 2 heterocycles. The first-order valence-electron chi connectivity index (χ1n) is 10.9. The van der Waals surface area contributed by atoms with Gasteiger partial charge in [0.2, 0.25) is 0 Å². The SMILES string of the molecule is COCCN1CC(NC(=O)Nc2c(Cl)c(-c3ccccc3)nn2C)C(c2ccc(F)c(F)c2)C1. The fourth-order valence-electron chi connectivity index (χ4n) is 4.24. The maximum absolute atomic E-state index is 13.9. The summed E-state index contributed by atoms with van der Waals surface area (Å²) in [4.78, 5) is 15.1. The highest BCUT2D eigenvalue weighted by molar-refractivity contribution is 6.36.